The lowest BCUT2D eigenvalue weighted by atomic mass is 10.1. The molecule has 0 aromatic rings. The Kier molecular flexibility index (Phi) is 7.87. The molecule has 1 saturated carbocycles. The molecule has 0 heterocycles. The van der Waals surface area contributed by atoms with Gasteiger partial charge >= 0.3 is 0 Å². The quantitative estimate of drug-likeness (QED) is 0.545. The van der Waals surface area contributed by atoms with Crippen LogP contribution in [0.25, 0.3) is 0 Å². The van der Waals surface area contributed by atoms with Crippen molar-refractivity contribution in [1.82, 2.24) is 5.32 Å². The largest absolute Gasteiger partial charge is 0.379 e. The SMILES string of the molecule is CCC1(NCCOCCOCCCC(C)C)CC1. The van der Waals surface area contributed by atoms with E-state index in [1.165, 1.54) is 25.7 Å². The molecular formula is C15H31NO2. The molecule has 0 aromatic heterocycles. The lowest BCUT2D eigenvalue weighted by Crippen LogP contribution is -2.33. The third kappa shape index (κ3) is 7.34. The third-order valence-electron chi connectivity index (χ3n) is 3.72. The van der Waals surface area contributed by atoms with Crippen LogP contribution in [0.2, 0.25) is 0 Å². The van der Waals surface area contributed by atoms with Gasteiger partial charge in [0.05, 0.1) is 19.8 Å². The Labute approximate surface area is 113 Å². The average molecular weight is 257 g/mol. The van der Waals surface area contributed by atoms with Gasteiger partial charge < -0.3 is 14.8 Å². The normalized spacial score (nSPS) is 17.3. The second-order valence-corrected chi connectivity index (χ2v) is 5.82. The summed E-state index contributed by atoms with van der Waals surface area (Å²) in [6.45, 7) is 10.9. The van der Waals surface area contributed by atoms with Crippen molar-refractivity contribution < 1.29 is 9.47 Å². The monoisotopic (exact) mass is 257 g/mol. The summed E-state index contributed by atoms with van der Waals surface area (Å²) in [4.78, 5) is 0. The Morgan fingerprint density at radius 3 is 2.28 bits per heavy atom. The summed E-state index contributed by atoms with van der Waals surface area (Å²) in [5.74, 6) is 0.782. The Morgan fingerprint density at radius 1 is 1.06 bits per heavy atom. The molecule has 0 unspecified atom stereocenters. The first-order valence-electron chi connectivity index (χ1n) is 7.59. The van der Waals surface area contributed by atoms with E-state index in [4.69, 9.17) is 9.47 Å². The van der Waals surface area contributed by atoms with Crippen LogP contribution in [-0.2, 0) is 9.47 Å². The first-order chi connectivity index (χ1) is 8.68. The highest BCUT2D eigenvalue weighted by atomic mass is 16.5. The minimum absolute atomic E-state index is 0.469. The molecule has 0 radical (unpaired) electrons. The Hall–Kier alpha value is -0.120. The van der Waals surface area contributed by atoms with Gasteiger partial charge in [0.2, 0.25) is 0 Å². The van der Waals surface area contributed by atoms with Crippen LogP contribution in [0.4, 0.5) is 0 Å². The van der Waals surface area contributed by atoms with Gasteiger partial charge in [-0.25, -0.2) is 0 Å². The van der Waals surface area contributed by atoms with Gasteiger partial charge in [-0.2, -0.15) is 0 Å². The Morgan fingerprint density at radius 2 is 1.72 bits per heavy atom. The zero-order chi connectivity index (χ0) is 13.3. The van der Waals surface area contributed by atoms with Crippen molar-refractivity contribution >= 4 is 0 Å². The zero-order valence-electron chi connectivity index (χ0n) is 12.5. The highest BCUT2D eigenvalue weighted by Gasteiger charge is 2.39. The molecular weight excluding hydrogens is 226 g/mol. The van der Waals surface area contributed by atoms with Crippen molar-refractivity contribution in [1.29, 1.82) is 0 Å². The molecule has 108 valence electrons. The lowest BCUT2D eigenvalue weighted by Gasteiger charge is -2.14. The van der Waals surface area contributed by atoms with Crippen molar-refractivity contribution in [2.24, 2.45) is 5.92 Å². The minimum atomic E-state index is 0.469. The summed E-state index contributed by atoms with van der Waals surface area (Å²) >= 11 is 0. The molecule has 0 bridgehead atoms. The van der Waals surface area contributed by atoms with Gasteiger partial charge in [-0.05, 0) is 38.0 Å². The van der Waals surface area contributed by atoms with E-state index >= 15 is 0 Å². The van der Waals surface area contributed by atoms with Gasteiger partial charge in [0.15, 0.2) is 0 Å². The summed E-state index contributed by atoms with van der Waals surface area (Å²) in [6.07, 6.45) is 6.33. The van der Waals surface area contributed by atoms with Crippen LogP contribution in [0.15, 0.2) is 0 Å². The molecule has 1 N–H and O–H groups in total. The second kappa shape index (κ2) is 8.89. The fourth-order valence-corrected chi connectivity index (χ4v) is 2.11. The minimum Gasteiger partial charge on any atom is -0.379 e. The van der Waals surface area contributed by atoms with Crippen LogP contribution in [0.1, 0.15) is 52.9 Å². The van der Waals surface area contributed by atoms with E-state index < -0.39 is 0 Å². The van der Waals surface area contributed by atoms with E-state index in [9.17, 15) is 0 Å². The molecule has 1 fully saturated rings. The molecule has 0 atom stereocenters. The topological polar surface area (TPSA) is 30.5 Å². The van der Waals surface area contributed by atoms with E-state index in [1.807, 2.05) is 0 Å². The molecule has 18 heavy (non-hydrogen) atoms. The summed E-state index contributed by atoms with van der Waals surface area (Å²) in [6, 6.07) is 0. The number of ether oxygens (including phenoxy) is 2. The Bertz CT molecular complexity index is 203. The maximum atomic E-state index is 5.54. The molecule has 3 heteroatoms. The molecule has 0 aliphatic heterocycles. The number of hydrogen-bond acceptors (Lipinski definition) is 3. The van der Waals surface area contributed by atoms with Crippen molar-refractivity contribution in [2.45, 2.75) is 58.4 Å². The summed E-state index contributed by atoms with van der Waals surface area (Å²) < 4.78 is 11.1. The van der Waals surface area contributed by atoms with Crippen LogP contribution in [0.5, 0.6) is 0 Å². The summed E-state index contributed by atoms with van der Waals surface area (Å²) in [5.41, 5.74) is 0.469. The standard InChI is InChI=1S/C15H31NO2/c1-4-15(7-8-15)16-9-11-18-13-12-17-10-5-6-14(2)3/h14,16H,4-13H2,1-3H3. The first kappa shape index (κ1) is 15.9. The number of rotatable bonds is 12. The van der Waals surface area contributed by atoms with Crippen LogP contribution < -0.4 is 5.32 Å². The highest BCUT2D eigenvalue weighted by molar-refractivity contribution is 5.00. The molecule has 0 aromatic carbocycles. The molecule has 0 saturated heterocycles. The average Bonchev–Trinajstić information content (AvgIpc) is 3.12. The van der Waals surface area contributed by atoms with Crippen LogP contribution in [0.3, 0.4) is 0 Å². The van der Waals surface area contributed by atoms with Gasteiger partial charge in [-0.1, -0.05) is 20.8 Å². The molecule has 1 aliphatic rings. The maximum Gasteiger partial charge on any atom is 0.0701 e. The third-order valence-corrected chi connectivity index (χ3v) is 3.72. The number of nitrogens with one attached hydrogen (secondary N) is 1. The van der Waals surface area contributed by atoms with Crippen LogP contribution in [-0.4, -0.2) is 38.5 Å². The number of hydrogen-bond donors (Lipinski definition) is 1. The van der Waals surface area contributed by atoms with Crippen LogP contribution in [0, 0.1) is 5.92 Å². The summed E-state index contributed by atoms with van der Waals surface area (Å²) in [5, 5.41) is 3.58. The van der Waals surface area contributed by atoms with E-state index in [0.717, 1.165) is 45.3 Å². The van der Waals surface area contributed by atoms with Gasteiger partial charge in [0.25, 0.3) is 0 Å². The van der Waals surface area contributed by atoms with Gasteiger partial charge in [0.1, 0.15) is 0 Å². The highest BCUT2D eigenvalue weighted by Crippen LogP contribution is 2.37. The molecule has 0 amide bonds. The van der Waals surface area contributed by atoms with Crippen LogP contribution >= 0.6 is 0 Å². The molecule has 1 rings (SSSR count). The van der Waals surface area contributed by atoms with E-state index in [0.29, 0.717) is 5.54 Å². The zero-order valence-corrected chi connectivity index (χ0v) is 12.5. The second-order valence-electron chi connectivity index (χ2n) is 5.82. The maximum absolute atomic E-state index is 5.54. The molecule has 1 aliphatic carbocycles. The molecule has 0 spiro atoms. The van der Waals surface area contributed by atoms with Gasteiger partial charge in [-0.3, -0.25) is 0 Å². The lowest BCUT2D eigenvalue weighted by molar-refractivity contribution is 0.0458. The van der Waals surface area contributed by atoms with E-state index in [1.54, 1.807) is 0 Å². The molecule has 3 nitrogen and oxygen atoms in total. The van der Waals surface area contributed by atoms with E-state index in [-0.39, 0.29) is 0 Å². The van der Waals surface area contributed by atoms with Crippen molar-refractivity contribution in [2.75, 3.05) is 33.0 Å². The van der Waals surface area contributed by atoms with Gasteiger partial charge in [-0.15, -0.1) is 0 Å². The Balaban J connectivity index is 1.74. The fraction of sp³-hybridized carbons (Fsp3) is 1.00. The predicted octanol–water partition coefficient (Wildman–Crippen LogP) is 2.99. The van der Waals surface area contributed by atoms with Gasteiger partial charge in [0, 0.05) is 18.7 Å². The smallest absolute Gasteiger partial charge is 0.0701 e. The first-order valence-corrected chi connectivity index (χ1v) is 7.59. The van der Waals surface area contributed by atoms with Crippen molar-refractivity contribution in [3.63, 3.8) is 0 Å². The van der Waals surface area contributed by atoms with Crippen molar-refractivity contribution in [3.8, 4) is 0 Å². The van der Waals surface area contributed by atoms with Crippen molar-refractivity contribution in [3.05, 3.63) is 0 Å². The predicted molar refractivity (Wildman–Crippen MR) is 76.0 cm³/mol. The fourth-order valence-electron chi connectivity index (χ4n) is 2.11. The summed E-state index contributed by atoms with van der Waals surface area (Å²) in [7, 11) is 0. The van der Waals surface area contributed by atoms with E-state index in [2.05, 4.69) is 26.1 Å².